The molecule has 0 aliphatic rings. The molecule has 0 unspecified atom stereocenters. The number of rotatable bonds is 7. The van der Waals surface area contributed by atoms with E-state index in [2.05, 4.69) is 40.1 Å². The van der Waals surface area contributed by atoms with Crippen LogP contribution < -0.4 is 10.6 Å². The van der Waals surface area contributed by atoms with Crippen LogP contribution in [0.2, 0.25) is 0 Å². The summed E-state index contributed by atoms with van der Waals surface area (Å²) in [5.74, 6) is 0.110. The molecule has 2 aromatic rings. The van der Waals surface area contributed by atoms with Crippen molar-refractivity contribution in [1.82, 2.24) is 20.0 Å². The Bertz CT molecular complexity index is 616. The quantitative estimate of drug-likeness (QED) is 0.772. The van der Waals surface area contributed by atoms with E-state index in [4.69, 9.17) is 0 Å². The number of hydrogen-bond acceptors (Lipinski definition) is 4. The van der Waals surface area contributed by atoms with E-state index in [1.807, 2.05) is 13.8 Å². The standard InChI is InChI=1S/C15H24N4OS/c1-5-10(2)17-14(20)6-7-16-8-13-12(4)18-15-19(13)9-11(3)21-15/h9-10,16H,5-8H2,1-4H3,(H,17,20)/t10-/m0/s1. The van der Waals surface area contributed by atoms with Crippen molar-refractivity contribution in [1.29, 1.82) is 0 Å². The molecule has 0 saturated heterocycles. The van der Waals surface area contributed by atoms with Gasteiger partial charge in [-0.1, -0.05) is 6.92 Å². The third kappa shape index (κ3) is 4.04. The third-order valence-corrected chi connectivity index (χ3v) is 4.48. The van der Waals surface area contributed by atoms with Gasteiger partial charge in [0, 0.05) is 36.6 Å². The molecule has 2 rings (SSSR count). The number of aryl methyl sites for hydroxylation is 2. The average molecular weight is 308 g/mol. The van der Waals surface area contributed by atoms with Gasteiger partial charge in [-0.15, -0.1) is 11.3 Å². The molecule has 0 bridgehead atoms. The first kappa shape index (κ1) is 16.0. The van der Waals surface area contributed by atoms with E-state index in [1.165, 1.54) is 10.6 Å². The molecule has 0 saturated carbocycles. The van der Waals surface area contributed by atoms with Gasteiger partial charge in [-0.3, -0.25) is 9.20 Å². The van der Waals surface area contributed by atoms with E-state index < -0.39 is 0 Å². The van der Waals surface area contributed by atoms with Crippen LogP contribution in [0.15, 0.2) is 6.20 Å². The van der Waals surface area contributed by atoms with Crippen molar-refractivity contribution in [3.8, 4) is 0 Å². The fourth-order valence-corrected chi connectivity index (χ4v) is 3.07. The molecule has 0 aliphatic heterocycles. The lowest BCUT2D eigenvalue weighted by Crippen LogP contribution is -2.34. The molecule has 116 valence electrons. The summed E-state index contributed by atoms with van der Waals surface area (Å²) in [6, 6.07) is 0.253. The van der Waals surface area contributed by atoms with Gasteiger partial charge in [0.1, 0.15) is 0 Å². The predicted molar refractivity (Wildman–Crippen MR) is 86.8 cm³/mol. The number of nitrogens with zero attached hydrogens (tertiary/aromatic N) is 2. The highest BCUT2D eigenvalue weighted by Gasteiger charge is 2.11. The predicted octanol–water partition coefficient (Wildman–Crippen LogP) is 2.41. The van der Waals surface area contributed by atoms with Crippen LogP contribution in [0.1, 0.15) is 43.0 Å². The third-order valence-electron chi connectivity index (χ3n) is 3.58. The summed E-state index contributed by atoms with van der Waals surface area (Å²) < 4.78 is 2.14. The van der Waals surface area contributed by atoms with Crippen LogP contribution >= 0.6 is 11.3 Å². The van der Waals surface area contributed by atoms with Gasteiger partial charge in [0.05, 0.1) is 11.4 Å². The monoisotopic (exact) mass is 308 g/mol. The molecule has 2 heterocycles. The highest BCUT2D eigenvalue weighted by Crippen LogP contribution is 2.20. The lowest BCUT2D eigenvalue weighted by Gasteiger charge is -2.11. The molecule has 2 N–H and O–H groups in total. The summed E-state index contributed by atoms with van der Waals surface area (Å²) in [5.41, 5.74) is 2.23. The van der Waals surface area contributed by atoms with Crippen molar-refractivity contribution in [2.75, 3.05) is 6.54 Å². The molecule has 6 heteroatoms. The van der Waals surface area contributed by atoms with Crippen molar-refractivity contribution in [3.63, 3.8) is 0 Å². The zero-order valence-corrected chi connectivity index (χ0v) is 14.0. The Hall–Kier alpha value is -1.40. The zero-order valence-electron chi connectivity index (χ0n) is 13.2. The fourth-order valence-electron chi connectivity index (χ4n) is 2.18. The normalized spacial score (nSPS) is 12.8. The zero-order chi connectivity index (χ0) is 15.4. The smallest absolute Gasteiger partial charge is 0.221 e. The van der Waals surface area contributed by atoms with Crippen LogP contribution in [-0.4, -0.2) is 27.9 Å². The van der Waals surface area contributed by atoms with E-state index in [-0.39, 0.29) is 11.9 Å². The average Bonchev–Trinajstić information content (AvgIpc) is 2.90. The highest BCUT2D eigenvalue weighted by molar-refractivity contribution is 7.17. The van der Waals surface area contributed by atoms with Crippen molar-refractivity contribution in [2.24, 2.45) is 0 Å². The first-order chi connectivity index (χ1) is 10.0. The second-order valence-electron chi connectivity index (χ2n) is 5.44. The SMILES string of the molecule is CC[C@H](C)NC(=O)CCNCc1c(C)nc2sc(C)cn12. The van der Waals surface area contributed by atoms with Crippen molar-refractivity contribution < 1.29 is 4.79 Å². The van der Waals surface area contributed by atoms with E-state index >= 15 is 0 Å². The van der Waals surface area contributed by atoms with Gasteiger partial charge in [0.2, 0.25) is 5.91 Å². The van der Waals surface area contributed by atoms with Crippen LogP contribution in [0.3, 0.4) is 0 Å². The van der Waals surface area contributed by atoms with Crippen LogP contribution in [0.5, 0.6) is 0 Å². The Morgan fingerprint density at radius 1 is 1.48 bits per heavy atom. The molecule has 0 fully saturated rings. The summed E-state index contributed by atoms with van der Waals surface area (Å²) in [7, 11) is 0. The molecule has 1 atom stereocenters. The van der Waals surface area contributed by atoms with Gasteiger partial charge in [0.15, 0.2) is 4.96 Å². The topological polar surface area (TPSA) is 58.4 Å². The molecular formula is C15H24N4OS. The maximum atomic E-state index is 11.7. The van der Waals surface area contributed by atoms with Gasteiger partial charge in [-0.2, -0.15) is 0 Å². The second-order valence-corrected chi connectivity index (χ2v) is 6.66. The summed E-state index contributed by atoms with van der Waals surface area (Å²) in [4.78, 5) is 18.5. The maximum absolute atomic E-state index is 11.7. The van der Waals surface area contributed by atoms with Gasteiger partial charge in [-0.25, -0.2) is 4.98 Å². The molecule has 5 nitrogen and oxygen atoms in total. The van der Waals surface area contributed by atoms with Gasteiger partial charge < -0.3 is 10.6 Å². The lowest BCUT2D eigenvalue weighted by molar-refractivity contribution is -0.121. The maximum Gasteiger partial charge on any atom is 0.221 e. The number of aromatic nitrogens is 2. The Kier molecular flexibility index (Phi) is 5.36. The van der Waals surface area contributed by atoms with Gasteiger partial charge >= 0.3 is 0 Å². The molecular weight excluding hydrogens is 284 g/mol. The van der Waals surface area contributed by atoms with E-state index in [0.717, 1.165) is 23.6 Å². The molecule has 0 aliphatic carbocycles. The molecule has 21 heavy (non-hydrogen) atoms. The Labute approximate surface area is 129 Å². The van der Waals surface area contributed by atoms with Crippen LogP contribution in [0.4, 0.5) is 0 Å². The van der Waals surface area contributed by atoms with Crippen LogP contribution in [0.25, 0.3) is 4.96 Å². The van der Waals surface area contributed by atoms with Gasteiger partial charge in [-0.05, 0) is 27.2 Å². The second kappa shape index (κ2) is 7.04. The molecule has 0 spiro atoms. The Morgan fingerprint density at radius 3 is 2.95 bits per heavy atom. The number of carbonyl (C=O) groups excluding carboxylic acids is 1. The van der Waals surface area contributed by atoms with Crippen molar-refractivity contribution in [2.45, 2.75) is 53.1 Å². The van der Waals surface area contributed by atoms with Crippen molar-refractivity contribution >= 4 is 22.2 Å². The number of imidazole rings is 1. The number of amides is 1. The summed E-state index contributed by atoms with van der Waals surface area (Å²) in [5, 5.41) is 6.31. The first-order valence-electron chi connectivity index (χ1n) is 7.45. The molecule has 0 radical (unpaired) electrons. The molecule has 0 aromatic carbocycles. The number of nitrogens with one attached hydrogen (secondary N) is 2. The van der Waals surface area contributed by atoms with E-state index in [1.54, 1.807) is 11.3 Å². The molecule has 1 amide bonds. The summed E-state index contributed by atoms with van der Waals surface area (Å²) >= 11 is 1.70. The van der Waals surface area contributed by atoms with E-state index in [9.17, 15) is 4.79 Å². The minimum absolute atomic E-state index is 0.110. The van der Waals surface area contributed by atoms with Crippen LogP contribution in [-0.2, 0) is 11.3 Å². The first-order valence-corrected chi connectivity index (χ1v) is 8.27. The fraction of sp³-hybridized carbons (Fsp3) is 0.600. The Balaban J connectivity index is 1.82. The van der Waals surface area contributed by atoms with E-state index in [0.29, 0.717) is 13.0 Å². The Morgan fingerprint density at radius 2 is 2.24 bits per heavy atom. The van der Waals surface area contributed by atoms with Gasteiger partial charge in [0.25, 0.3) is 0 Å². The van der Waals surface area contributed by atoms with Crippen LogP contribution in [0, 0.1) is 13.8 Å². The number of fused-ring (bicyclic) bond motifs is 1. The largest absolute Gasteiger partial charge is 0.354 e. The minimum atomic E-state index is 0.110. The minimum Gasteiger partial charge on any atom is -0.354 e. The number of hydrogen-bond donors (Lipinski definition) is 2. The number of thiazole rings is 1. The number of carbonyl (C=O) groups is 1. The lowest BCUT2D eigenvalue weighted by atomic mass is 10.2. The highest BCUT2D eigenvalue weighted by atomic mass is 32.1. The molecule has 2 aromatic heterocycles. The summed E-state index contributed by atoms with van der Waals surface area (Å²) in [6.45, 7) is 9.63. The summed E-state index contributed by atoms with van der Waals surface area (Å²) in [6.07, 6.45) is 3.59. The van der Waals surface area contributed by atoms with Crippen molar-refractivity contribution in [3.05, 3.63) is 22.5 Å².